The van der Waals surface area contributed by atoms with Gasteiger partial charge in [-0.2, -0.15) is 0 Å². The number of rotatable bonds is 5. The highest BCUT2D eigenvalue weighted by molar-refractivity contribution is 5.48. The maximum atomic E-state index is 13.4. The predicted molar refractivity (Wildman–Crippen MR) is 104 cm³/mol. The summed E-state index contributed by atoms with van der Waals surface area (Å²) in [6.07, 6.45) is 1.01. The van der Waals surface area contributed by atoms with Gasteiger partial charge in [-0.25, -0.2) is 4.39 Å². The average molecular weight is 370 g/mol. The number of β-amino-alcohol motifs (C(OH)–C–C–N with tert-alkyl or cyclic N) is 1. The summed E-state index contributed by atoms with van der Waals surface area (Å²) >= 11 is 0. The zero-order chi connectivity index (χ0) is 18.8. The van der Waals surface area contributed by atoms with Crippen molar-refractivity contribution in [1.82, 2.24) is 9.80 Å². The average Bonchev–Trinajstić information content (AvgIpc) is 3.08. The zero-order valence-corrected chi connectivity index (χ0v) is 15.8. The van der Waals surface area contributed by atoms with Crippen molar-refractivity contribution in [3.05, 3.63) is 65.0 Å². The SMILES string of the molecule is COc1ccc2c(c1)[C@@H](N1CCN(CCO)CC1)C[C@H]2c1ccc(F)cc1. The van der Waals surface area contributed by atoms with Crippen LogP contribution in [0.3, 0.4) is 0 Å². The van der Waals surface area contributed by atoms with Crippen molar-refractivity contribution in [3.63, 3.8) is 0 Å². The lowest BCUT2D eigenvalue weighted by Crippen LogP contribution is -2.48. The summed E-state index contributed by atoms with van der Waals surface area (Å²) < 4.78 is 18.9. The van der Waals surface area contributed by atoms with E-state index in [1.807, 2.05) is 18.2 Å². The highest BCUT2D eigenvalue weighted by Gasteiger charge is 2.36. The number of ether oxygens (including phenoxy) is 1. The fraction of sp³-hybridized carbons (Fsp3) is 0.455. The quantitative estimate of drug-likeness (QED) is 0.878. The third-order valence-electron chi connectivity index (χ3n) is 6.02. The second kappa shape index (κ2) is 7.97. The summed E-state index contributed by atoms with van der Waals surface area (Å²) in [6, 6.07) is 13.6. The molecule has 2 atom stereocenters. The lowest BCUT2D eigenvalue weighted by molar-refractivity contribution is 0.0827. The standard InChI is InChI=1S/C22H27FN2O2/c1-27-18-6-7-19-20(16-2-4-17(23)5-3-16)15-22(21(19)14-18)25-10-8-24(9-11-25)12-13-26/h2-7,14,20,22,26H,8-13,15H2,1H3/t20-,22-/m0/s1. The molecule has 0 spiro atoms. The third kappa shape index (κ3) is 3.72. The second-order valence-corrected chi connectivity index (χ2v) is 7.45. The van der Waals surface area contributed by atoms with E-state index in [0.717, 1.165) is 44.9 Å². The van der Waals surface area contributed by atoms with Crippen molar-refractivity contribution >= 4 is 0 Å². The summed E-state index contributed by atoms with van der Waals surface area (Å²) in [5.74, 6) is 0.979. The monoisotopic (exact) mass is 370 g/mol. The minimum Gasteiger partial charge on any atom is -0.497 e. The summed E-state index contributed by atoms with van der Waals surface area (Å²) in [5, 5.41) is 9.17. The van der Waals surface area contributed by atoms with E-state index < -0.39 is 0 Å². The molecule has 0 amide bonds. The lowest BCUT2D eigenvalue weighted by Gasteiger charge is -2.38. The largest absolute Gasteiger partial charge is 0.497 e. The van der Waals surface area contributed by atoms with Gasteiger partial charge in [-0.3, -0.25) is 9.80 Å². The van der Waals surface area contributed by atoms with E-state index in [0.29, 0.717) is 6.04 Å². The number of nitrogens with zero attached hydrogens (tertiary/aromatic N) is 2. The molecule has 0 bridgehead atoms. The van der Waals surface area contributed by atoms with Crippen LogP contribution in [0.2, 0.25) is 0 Å². The highest BCUT2D eigenvalue weighted by atomic mass is 19.1. The molecule has 5 heteroatoms. The number of methoxy groups -OCH3 is 1. The molecule has 0 radical (unpaired) electrons. The van der Waals surface area contributed by atoms with Crippen LogP contribution in [0.5, 0.6) is 5.75 Å². The molecule has 1 N–H and O–H groups in total. The summed E-state index contributed by atoms with van der Waals surface area (Å²) in [7, 11) is 1.71. The first kappa shape index (κ1) is 18.4. The Kier molecular flexibility index (Phi) is 5.43. The van der Waals surface area contributed by atoms with Gasteiger partial charge in [0, 0.05) is 44.7 Å². The van der Waals surface area contributed by atoms with E-state index in [9.17, 15) is 4.39 Å². The van der Waals surface area contributed by atoms with Crippen molar-refractivity contribution in [2.75, 3.05) is 46.4 Å². The summed E-state index contributed by atoms with van der Waals surface area (Å²) in [4.78, 5) is 4.87. The molecule has 2 aromatic rings. The lowest BCUT2D eigenvalue weighted by atomic mass is 9.93. The molecule has 2 aliphatic rings. The van der Waals surface area contributed by atoms with E-state index in [4.69, 9.17) is 9.84 Å². The molecule has 27 heavy (non-hydrogen) atoms. The Hall–Kier alpha value is -1.95. The molecule has 4 rings (SSSR count). The van der Waals surface area contributed by atoms with Gasteiger partial charge in [-0.1, -0.05) is 18.2 Å². The second-order valence-electron chi connectivity index (χ2n) is 7.45. The van der Waals surface area contributed by atoms with Crippen LogP contribution in [0.15, 0.2) is 42.5 Å². The van der Waals surface area contributed by atoms with E-state index in [2.05, 4.69) is 21.9 Å². The number of benzene rings is 2. The number of halogens is 1. The van der Waals surface area contributed by atoms with Gasteiger partial charge in [-0.05, 0) is 47.4 Å². The minimum atomic E-state index is -0.191. The Morgan fingerprint density at radius 1 is 1.04 bits per heavy atom. The minimum absolute atomic E-state index is 0.191. The molecule has 0 saturated carbocycles. The molecule has 1 saturated heterocycles. The molecular weight excluding hydrogens is 343 g/mol. The van der Waals surface area contributed by atoms with Crippen LogP contribution in [0, 0.1) is 5.82 Å². The van der Waals surface area contributed by atoms with Gasteiger partial charge in [0.15, 0.2) is 0 Å². The number of fused-ring (bicyclic) bond motifs is 1. The smallest absolute Gasteiger partial charge is 0.123 e. The van der Waals surface area contributed by atoms with E-state index in [1.54, 1.807) is 19.2 Å². The normalized spacial score (nSPS) is 23.4. The summed E-state index contributed by atoms with van der Waals surface area (Å²) in [6.45, 7) is 4.93. The molecule has 4 nitrogen and oxygen atoms in total. The maximum Gasteiger partial charge on any atom is 0.123 e. The van der Waals surface area contributed by atoms with Crippen molar-refractivity contribution in [1.29, 1.82) is 0 Å². The van der Waals surface area contributed by atoms with Crippen molar-refractivity contribution < 1.29 is 14.2 Å². The first-order valence-electron chi connectivity index (χ1n) is 9.70. The first-order valence-corrected chi connectivity index (χ1v) is 9.70. The van der Waals surface area contributed by atoms with Crippen LogP contribution in [-0.2, 0) is 0 Å². The van der Waals surface area contributed by atoms with Crippen molar-refractivity contribution in [3.8, 4) is 5.75 Å². The molecular formula is C22H27FN2O2. The first-order chi connectivity index (χ1) is 13.2. The van der Waals surface area contributed by atoms with Gasteiger partial charge in [0.2, 0.25) is 0 Å². The van der Waals surface area contributed by atoms with Gasteiger partial charge < -0.3 is 9.84 Å². The van der Waals surface area contributed by atoms with E-state index in [1.165, 1.54) is 16.7 Å². The Labute approximate surface area is 160 Å². The summed E-state index contributed by atoms with van der Waals surface area (Å²) in [5.41, 5.74) is 3.83. The van der Waals surface area contributed by atoms with Gasteiger partial charge >= 0.3 is 0 Å². The van der Waals surface area contributed by atoms with Crippen molar-refractivity contribution in [2.45, 2.75) is 18.4 Å². The van der Waals surface area contributed by atoms with Crippen LogP contribution in [-0.4, -0.2) is 61.3 Å². The molecule has 1 fully saturated rings. The van der Waals surface area contributed by atoms with Gasteiger partial charge in [0.05, 0.1) is 13.7 Å². The molecule has 0 aromatic heterocycles. The molecule has 1 aliphatic carbocycles. The number of hydrogen-bond donors (Lipinski definition) is 1. The Balaban J connectivity index is 1.61. The molecule has 1 heterocycles. The van der Waals surface area contributed by atoms with Gasteiger partial charge in [0.25, 0.3) is 0 Å². The Morgan fingerprint density at radius 3 is 2.44 bits per heavy atom. The Bertz CT molecular complexity index is 772. The maximum absolute atomic E-state index is 13.4. The molecule has 1 aliphatic heterocycles. The van der Waals surface area contributed by atoms with Crippen molar-refractivity contribution in [2.24, 2.45) is 0 Å². The predicted octanol–water partition coefficient (Wildman–Crippen LogP) is 3.02. The van der Waals surface area contributed by atoms with E-state index >= 15 is 0 Å². The van der Waals surface area contributed by atoms with Gasteiger partial charge in [-0.15, -0.1) is 0 Å². The number of piperazine rings is 1. The van der Waals surface area contributed by atoms with Crippen LogP contribution >= 0.6 is 0 Å². The van der Waals surface area contributed by atoms with Crippen LogP contribution in [0.25, 0.3) is 0 Å². The fourth-order valence-corrected chi connectivity index (χ4v) is 4.56. The topological polar surface area (TPSA) is 35.9 Å². The number of aliphatic hydroxyl groups is 1. The van der Waals surface area contributed by atoms with E-state index in [-0.39, 0.29) is 18.3 Å². The Morgan fingerprint density at radius 2 is 1.78 bits per heavy atom. The fourth-order valence-electron chi connectivity index (χ4n) is 4.56. The third-order valence-corrected chi connectivity index (χ3v) is 6.02. The van der Waals surface area contributed by atoms with Crippen LogP contribution in [0.1, 0.15) is 35.1 Å². The number of hydrogen-bond acceptors (Lipinski definition) is 4. The van der Waals surface area contributed by atoms with Crippen LogP contribution in [0.4, 0.5) is 4.39 Å². The number of aliphatic hydroxyl groups excluding tert-OH is 1. The molecule has 2 aromatic carbocycles. The van der Waals surface area contributed by atoms with Gasteiger partial charge in [0.1, 0.15) is 11.6 Å². The zero-order valence-electron chi connectivity index (χ0n) is 15.8. The molecule has 144 valence electrons. The van der Waals surface area contributed by atoms with Crippen LogP contribution < -0.4 is 4.74 Å². The highest BCUT2D eigenvalue weighted by Crippen LogP contribution is 2.48. The molecule has 0 unspecified atom stereocenters.